The highest BCUT2D eigenvalue weighted by Crippen LogP contribution is 2.22. The molecule has 0 spiro atoms. The molecule has 1 rings (SSSR count). The van der Waals surface area contributed by atoms with E-state index in [4.69, 9.17) is 11.5 Å². The highest BCUT2D eigenvalue weighted by Gasteiger charge is 2.23. The Balaban J connectivity index is 2.35. The van der Waals surface area contributed by atoms with E-state index < -0.39 is 0 Å². The zero-order valence-corrected chi connectivity index (χ0v) is 7.54. The Hall–Kier alpha value is 0.650. The second kappa shape index (κ2) is 3.16. The first kappa shape index (κ1) is 7.75. The van der Waals surface area contributed by atoms with Crippen molar-refractivity contribution in [1.82, 2.24) is 0 Å². The van der Waals surface area contributed by atoms with Crippen LogP contribution in [-0.4, -0.2) is 16.0 Å². The molecule has 0 aliphatic heterocycles. The van der Waals surface area contributed by atoms with Gasteiger partial charge in [-0.3, -0.25) is 0 Å². The van der Waals surface area contributed by atoms with E-state index in [2.05, 4.69) is 22.6 Å². The van der Waals surface area contributed by atoms with Crippen molar-refractivity contribution >= 4 is 22.6 Å². The molecule has 2 nitrogen and oxygen atoms in total. The molecule has 4 N–H and O–H groups in total. The van der Waals surface area contributed by atoms with E-state index in [-0.39, 0.29) is 0 Å². The maximum absolute atomic E-state index is 5.78. The molecule has 9 heavy (non-hydrogen) atoms. The fourth-order valence-electron chi connectivity index (χ4n) is 1.20. The number of rotatable bonds is 0. The lowest BCUT2D eigenvalue weighted by molar-refractivity contribution is 0.411. The minimum atomic E-state index is 0.342. The van der Waals surface area contributed by atoms with E-state index in [1.165, 1.54) is 6.42 Å². The number of nitrogens with two attached hydrogens (primary N) is 2. The van der Waals surface area contributed by atoms with Crippen LogP contribution >= 0.6 is 22.6 Å². The van der Waals surface area contributed by atoms with Crippen molar-refractivity contribution in [3.63, 3.8) is 0 Å². The highest BCUT2D eigenvalue weighted by atomic mass is 127. The van der Waals surface area contributed by atoms with E-state index in [9.17, 15) is 0 Å². The lowest BCUT2D eigenvalue weighted by Gasteiger charge is -2.28. The Kier molecular flexibility index (Phi) is 2.73. The predicted octanol–water partition coefficient (Wildman–Crippen LogP) is 0.629. The monoisotopic (exact) mass is 240 g/mol. The summed E-state index contributed by atoms with van der Waals surface area (Å²) >= 11 is 2.41. The SMILES string of the molecule is NC1CCC(I)C(N)C1. The zero-order chi connectivity index (χ0) is 6.85. The van der Waals surface area contributed by atoms with Crippen LogP contribution in [0.15, 0.2) is 0 Å². The molecule has 3 atom stereocenters. The van der Waals surface area contributed by atoms with Gasteiger partial charge >= 0.3 is 0 Å². The van der Waals surface area contributed by atoms with Gasteiger partial charge in [0, 0.05) is 16.0 Å². The molecule has 3 heteroatoms. The molecule has 54 valence electrons. The predicted molar refractivity (Wildman–Crippen MR) is 47.6 cm³/mol. The maximum Gasteiger partial charge on any atom is 0.0262 e. The van der Waals surface area contributed by atoms with Crippen LogP contribution in [-0.2, 0) is 0 Å². The first-order valence-corrected chi connectivity index (χ1v) is 4.60. The van der Waals surface area contributed by atoms with Gasteiger partial charge in [-0.2, -0.15) is 0 Å². The van der Waals surface area contributed by atoms with Crippen LogP contribution in [0, 0.1) is 0 Å². The molecule has 0 aromatic rings. The molecule has 0 amide bonds. The van der Waals surface area contributed by atoms with E-state index in [0.29, 0.717) is 16.0 Å². The number of hydrogen-bond donors (Lipinski definition) is 2. The Labute approximate surface area is 69.5 Å². The fourth-order valence-corrected chi connectivity index (χ4v) is 1.86. The quantitative estimate of drug-likeness (QED) is 0.482. The summed E-state index contributed by atoms with van der Waals surface area (Å²) < 4.78 is 0.655. The first-order chi connectivity index (χ1) is 4.20. The van der Waals surface area contributed by atoms with E-state index >= 15 is 0 Å². The lowest BCUT2D eigenvalue weighted by Crippen LogP contribution is -2.42. The average Bonchev–Trinajstić information content (AvgIpc) is 1.80. The molecule has 1 aliphatic carbocycles. The van der Waals surface area contributed by atoms with Crippen molar-refractivity contribution < 1.29 is 0 Å². The number of alkyl halides is 1. The van der Waals surface area contributed by atoms with E-state index in [1.807, 2.05) is 0 Å². The molecule has 1 fully saturated rings. The molecular formula is C6H13IN2. The van der Waals surface area contributed by atoms with Crippen LogP contribution in [0.5, 0.6) is 0 Å². The number of hydrogen-bond acceptors (Lipinski definition) is 2. The van der Waals surface area contributed by atoms with Gasteiger partial charge in [0.25, 0.3) is 0 Å². The largest absolute Gasteiger partial charge is 0.328 e. The minimum absolute atomic E-state index is 0.342. The van der Waals surface area contributed by atoms with Gasteiger partial charge in [-0.25, -0.2) is 0 Å². The van der Waals surface area contributed by atoms with Crippen LogP contribution in [0.25, 0.3) is 0 Å². The van der Waals surface area contributed by atoms with Crippen molar-refractivity contribution in [2.45, 2.75) is 35.3 Å². The van der Waals surface area contributed by atoms with Crippen molar-refractivity contribution in [2.75, 3.05) is 0 Å². The summed E-state index contributed by atoms with van der Waals surface area (Å²) in [6, 6.07) is 0.709. The standard InChI is InChI=1S/C6H13IN2/c7-5-2-1-4(8)3-6(5)9/h4-6H,1-3,8-9H2. The Morgan fingerprint density at radius 2 is 1.89 bits per heavy atom. The fraction of sp³-hybridized carbons (Fsp3) is 1.00. The molecule has 0 heterocycles. The Morgan fingerprint density at radius 3 is 2.33 bits per heavy atom. The lowest BCUT2D eigenvalue weighted by atomic mass is 9.92. The molecule has 0 radical (unpaired) electrons. The first-order valence-electron chi connectivity index (χ1n) is 3.35. The van der Waals surface area contributed by atoms with Gasteiger partial charge in [0.1, 0.15) is 0 Å². The molecule has 3 unspecified atom stereocenters. The topological polar surface area (TPSA) is 52.0 Å². The van der Waals surface area contributed by atoms with Crippen molar-refractivity contribution in [3.8, 4) is 0 Å². The van der Waals surface area contributed by atoms with E-state index in [1.54, 1.807) is 0 Å². The summed E-state index contributed by atoms with van der Waals surface area (Å²) in [5.41, 5.74) is 11.5. The molecule has 0 bridgehead atoms. The third kappa shape index (κ3) is 2.05. The van der Waals surface area contributed by atoms with Crippen LogP contribution in [0.1, 0.15) is 19.3 Å². The maximum atomic E-state index is 5.78. The summed E-state index contributed by atoms with van der Waals surface area (Å²) in [7, 11) is 0. The van der Waals surface area contributed by atoms with E-state index in [0.717, 1.165) is 12.8 Å². The van der Waals surface area contributed by atoms with Gasteiger partial charge < -0.3 is 11.5 Å². The zero-order valence-electron chi connectivity index (χ0n) is 5.39. The Bertz CT molecular complexity index is 97.1. The van der Waals surface area contributed by atoms with Crippen LogP contribution in [0.2, 0.25) is 0 Å². The molecule has 1 aliphatic rings. The second-order valence-corrected chi connectivity index (χ2v) is 4.35. The molecule has 0 saturated heterocycles. The number of halogens is 1. The minimum Gasteiger partial charge on any atom is -0.328 e. The average molecular weight is 240 g/mol. The second-order valence-electron chi connectivity index (χ2n) is 2.75. The molecule has 1 saturated carbocycles. The Morgan fingerprint density at radius 1 is 1.22 bits per heavy atom. The normalized spacial score (nSPS) is 45.0. The van der Waals surface area contributed by atoms with Gasteiger partial charge in [-0.15, -0.1) is 0 Å². The third-order valence-corrected chi connectivity index (χ3v) is 3.40. The van der Waals surface area contributed by atoms with Gasteiger partial charge in [-0.1, -0.05) is 22.6 Å². The highest BCUT2D eigenvalue weighted by molar-refractivity contribution is 14.1. The summed E-state index contributed by atoms with van der Waals surface area (Å²) in [4.78, 5) is 0. The van der Waals surface area contributed by atoms with Crippen molar-refractivity contribution in [1.29, 1.82) is 0 Å². The molecule has 0 aromatic carbocycles. The van der Waals surface area contributed by atoms with Crippen LogP contribution in [0.4, 0.5) is 0 Å². The van der Waals surface area contributed by atoms with Gasteiger partial charge in [0.15, 0.2) is 0 Å². The van der Waals surface area contributed by atoms with Gasteiger partial charge in [0.2, 0.25) is 0 Å². The van der Waals surface area contributed by atoms with Crippen LogP contribution < -0.4 is 11.5 Å². The van der Waals surface area contributed by atoms with Crippen LogP contribution in [0.3, 0.4) is 0 Å². The summed E-state index contributed by atoms with van der Waals surface area (Å²) in [5.74, 6) is 0. The molecule has 0 aromatic heterocycles. The van der Waals surface area contributed by atoms with Gasteiger partial charge in [-0.05, 0) is 19.3 Å². The third-order valence-electron chi connectivity index (χ3n) is 1.85. The summed E-state index contributed by atoms with van der Waals surface area (Å²) in [5, 5.41) is 0. The smallest absolute Gasteiger partial charge is 0.0262 e. The van der Waals surface area contributed by atoms with Crippen molar-refractivity contribution in [3.05, 3.63) is 0 Å². The van der Waals surface area contributed by atoms with Crippen molar-refractivity contribution in [2.24, 2.45) is 11.5 Å². The van der Waals surface area contributed by atoms with Gasteiger partial charge in [0.05, 0.1) is 0 Å². The summed E-state index contributed by atoms with van der Waals surface area (Å²) in [6.07, 6.45) is 3.36. The summed E-state index contributed by atoms with van der Waals surface area (Å²) in [6.45, 7) is 0. The molecular weight excluding hydrogens is 227 g/mol.